The van der Waals surface area contributed by atoms with E-state index in [4.69, 9.17) is 17.3 Å². The summed E-state index contributed by atoms with van der Waals surface area (Å²) in [7, 11) is 0. The van der Waals surface area contributed by atoms with Gasteiger partial charge >= 0.3 is 0 Å². The summed E-state index contributed by atoms with van der Waals surface area (Å²) in [5.41, 5.74) is 6.05. The van der Waals surface area contributed by atoms with Crippen LogP contribution in [0.4, 0.5) is 8.78 Å². The number of hydrogen-bond donors (Lipinski definition) is 1. The van der Waals surface area contributed by atoms with Gasteiger partial charge in [0.1, 0.15) is 0 Å². The third-order valence-electron chi connectivity index (χ3n) is 2.43. The van der Waals surface area contributed by atoms with Gasteiger partial charge in [0.25, 0.3) is 0 Å². The first-order valence-electron chi connectivity index (χ1n) is 5.01. The maximum atomic E-state index is 13.5. The van der Waals surface area contributed by atoms with Crippen molar-refractivity contribution < 1.29 is 8.78 Å². The largest absolute Gasteiger partial charge is 0.324 e. The summed E-state index contributed by atoms with van der Waals surface area (Å²) in [6.07, 6.45) is 0.442. The van der Waals surface area contributed by atoms with E-state index in [9.17, 15) is 8.78 Å². The molecular formula is C12H10ClF2NS. The van der Waals surface area contributed by atoms with Crippen LogP contribution < -0.4 is 5.73 Å². The van der Waals surface area contributed by atoms with Crippen LogP contribution in [-0.4, -0.2) is 0 Å². The molecule has 0 radical (unpaired) electrons. The van der Waals surface area contributed by atoms with Crippen molar-refractivity contribution in [1.82, 2.24) is 0 Å². The number of nitrogens with two attached hydrogens (primary N) is 1. The van der Waals surface area contributed by atoms with Gasteiger partial charge < -0.3 is 5.73 Å². The summed E-state index contributed by atoms with van der Waals surface area (Å²) in [5.74, 6) is -1.75. The van der Waals surface area contributed by atoms with E-state index >= 15 is 0 Å². The molecule has 0 spiro atoms. The van der Waals surface area contributed by atoms with Gasteiger partial charge in [-0.15, -0.1) is 11.3 Å². The highest BCUT2D eigenvalue weighted by Crippen LogP contribution is 2.27. The highest BCUT2D eigenvalue weighted by atomic mass is 35.5. The smallest absolute Gasteiger partial charge is 0.163 e. The minimum absolute atomic E-state index is 0.189. The number of halogens is 3. The van der Waals surface area contributed by atoms with Gasteiger partial charge in [-0.3, -0.25) is 0 Å². The zero-order valence-corrected chi connectivity index (χ0v) is 10.4. The van der Waals surface area contributed by atoms with E-state index in [0.717, 1.165) is 10.9 Å². The highest BCUT2D eigenvalue weighted by Gasteiger charge is 2.15. The molecule has 0 saturated heterocycles. The molecule has 5 heteroatoms. The van der Waals surface area contributed by atoms with E-state index < -0.39 is 17.7 Å². The van der Waals surface area contributed by atoms with E-state index in [1.807, 2.05) is 6.07 Å². The number of thiophene rings is 1. The Balaban J connectivity index is 2.20. The number of hydrogen-bond acceptors (Lipinski definition) is 2. The molecule has 1 unspecified atom stereocenters. The first kappa shape index (κ1) is 12.5. The lowest BCUT2D eigenvalue weighted by Crippen LogP contribution is -2.15. The monoisotopic (exact) mass is 273 g/mol. The third kappa shape index (κ3) is 2.83. The lowest BCUT2D eigenvalue weighted by Gasteiger charge is -2.12. The minimum atomic E-state index is -0.873. The van der Waals surface area contributed by atoms with Crippen LogP contribution in [0, 0.1) is 11.6 Å². The Morgan fingerprint density at radius 2 is 2.00 bits per heavy atom. The van der Waals surface area contributed by atoms with Crippen LogP contribution in [0.5, 0.6) is 0 Å². The second kappa shape index (κ2) is 5.12. The SMILES string of the molecule is NC(Cc1ccc(Cl)s1)c1cccc(F)c1F. The fourth-order valence-corrected chi connectivity index (χ4v) is 2.74. The summed E-state index contributed by atoms with van der Waals surface area (Å²) in [4.78, 5) is 0.950. The fraction of sp³-hybridized carbons (Fsp3) is 0.167. The molecule has 17 heavy (non-hydrogen) atoms. The standard InChI is InChI=1S/C12H10ClF2NS/c13-11-5-4-7(17-11)6-10(16)8-2-1-3-9(14)12(8)15/h1-5,10H,6,16H2. The summed E-state index contributed by atoms with van der Waals surface area (Å²) >= 11 is 7.18. The van der Waals surface area contributed by atoms with Gasteiger partial charge in [-0.05, 0) is 18.2 Å². The van der Waals surface area contributed by atoms with Gasteiger partial charge in [-0.1, -0.05) is 23.7 Å². The van der Waals surface area contributed by atoms with E-state index in [0.29, 0.717) is 10.8 Å². The molecular weight excluding hydrogens is 264 g/mol. The van der Waals surface area contributed by atoms with Gasteiger partial charge in [-0.25, -0.2) is 8.78 Å². The van der Waals surface area contributed by atoms with E-state index in [1.54, 1.807) is 6.07 Å². The minimum Gasteiger partial charge on any atom is -0.324 e. The van der Waals surface area contributed by atoms with Crippen LogP contribution in [0.2, 0.25) is 4.34 Å². The molecule has 0 amide bonds. The highest BCUT2D eigenvalue weighted by molar-refractivity contribution is 7.16. The zero-order valence-electron chi connectivity index (χ0n) is 8.79. The van der Waals surface area contributed by atoms with Crippen molar-refractivity contribution in [2.45, 2.75) is 12.5 Å². The average Bonchev–Trinajstić information content (AvgIpc) is 2.68. The van der Waals surface area contributed by atoms with Crippen molar-refractivity contribution in [3.8, 4) is 0 Å². The molecule has 0 bridgehead atoms. The summed E-state index contributed by atoms with van der Waals surface area (Å²) in [6.45, 7) is 0. The van der Waals surface area contributed by atoms with Crippen molar-refractivity contribution in [2.75, 3.05) is 0 Å². The second-order valence-corrected chi connectivity index (χ2v) is 5.46. The van der Waals surface area contributed by atoms with Crippen molar-refractivity contribution in [2.24, 2.45) is 5.73 Å². The van der Waals surface area contributed by atoms with Crippen LogP contribution >= 0.6 is 22.9 Å². The van der Waals surface area contributed by atoms with Gasteiger partial charge in [0, 0.05) is 22.9 Å². The first-order valence-corrected chi connectivity index (χ1v) is 6.21. The molecule has 0 fully saturated rings. The predicted molar refractivity (Wildman–Crippen MR) is 66.3 cm³/mol. The van der Waals surface area contributed by atoms with Crippen molar-refractivity contribution in [1.29, 1.82) is 0 Å². The molecule has 1 aromatic heterocycles. The summed E-state index contributed by atoms with van der Waals surface area (Å²) in [6, 6.07) is 7.06. The molecule has 1 atom stereocenters. The quantitative estimate of drug-likeness (QED) is 0.901. The molecule has 90 valence electrons. The fourth-order valence-electron chi connectivity index (χ4n) is 1.59. The predicted octanol–water partition coefficient (Wildman–Crippen LogP) is 3.92. The molecule has 0 saturated carbocycles. The Hall–Kier alpha value is -0.970. The maximum Gasteiger partial charge on any atom is 0.163 e. The Morgan fingerprint density at radius 1 is 1.24 bits per heavy atom. The van der Waals surface area contributed by atoms with Crippen LogP contribution in [0.1, 0.15) is 16.5 Å². The van der Waals surface area contributed by atoms with Crippen LogP contribution in [0.15, 0.2) is 30.3 Å². The molecule has 1 aromatic carbocycles. The summed E-state index contributed by atoms with van der Waals surface area (Å²) in [5, 5.41) is 0. The molecule has 2 aromatic rings. The van der Waals surface area contributed by atoms with Crippen LogP contribution in [0.25, 0.3) is 0 Å². The van der Waals surface area contributed by atoms with Crippen molar-refractivity contribution in [3.63, 3.8) is 0 Å². The summed E-state index contributed by atoms with van der Waals surface area (Å²) < 4.78 is 27.2. The van der Waals surface area contributed by atoms with Gasteiger partial charge in [-0.2, -0.15) is 0 Å². The van der Waals surface area contributed by atoms with Gasteiger partial charge in [0.05, 0.1) is 4.34 Å². The molecule has 0 aliphatic heterocycles. The molecule has 1 heterocycles. The lowest BCUT2D eigenvalue weighted by molar-refractivity contribution is 0.488. The number of rotatable bonds is 3. The Bertz CT molecular complexity index is 527. The van der Waals surface area contributed by atoms with E-state index in [2.05, 4.69) is 0 Å². The van der Waals surface area contributed by atoms with E-state index in [1.165, 1.54) is 23.5 Å². The van der Waals surface area contributed by atoms with Crippen LogP contribution in [0.3, 0.4) is 0 Å². The van der Waals surface area contributed by atoms with Gasteiger partial charge in [0.15, 0.2) is 11.6 Å². The molecule has 0 aliphatic carbocycles. The van der Waals surface area contributed by atoms with Crippen molar-refractivity contribution in [3.05, 3.63) is 56.7 Å². The normalized spacial score (nSPS) is 12.7. The van der Waals surface area contributed by atoms with Crippen LogP contribution in [-0.2, 0) is 6.42 Å². The van der Waals surface area contributed by atoms with Crippen molar-refractivity contribution >= 4 is 22.9 Å². The molecule has 2 rings (SSSR count). The second-order valence-electron chi connectivity index (χ2n) is 3.66. The molecule has 2 N–H and O–H groups in total. The maximum absolute atomic E-state index is 13.5. The Labute approximate surface area is 107 Å². The Morgan fingerprint density at radius 3 is 2.65 bits per heavy atom. The molecule has 1 nitrogen and oxygen atoms in total. The first-order chi connectivity index (χ1) is 8.08. The Kier molecular flexibility index (Phi) is 3.76. The van der Waals surface area contributed by atoms with Gasteiger partial charge in [0.2, 0.25) is 0 Å². The zero-order chi connectivity index (χ0) is 12.4. The third-order valence-corrected chi connectivity index (χ3v) is 3.68. The average molecular weight is 274 g/mol. The van der Waals surface area contributed by atoms with E-state index in [-0.39, 0.29) is 5.56 Å². The number of benzene rings is 1. The lowest BCUT2D eigenvalue weighted by atomic mass is 10.0. The molecule has 0 aliphatic rings. The topological polar surface area (TPSA) is 26.0 Å².